The predicted molar refractivity (Wildman–Crippen MR) is 89.1 cm³/mol. The van der Waals surface area contributed by atoms with Crippen molar-refractivity contribution in [2.45, 2.75) is 44.0 Å². The van der Waals surface area contributed by atoms with E-state index >= 15 is 0 Å². The van der Waals surface area contributed by atoms with Crippen LogP contribution in [0.25, 0.3) is 0 Å². The number of nitriles is 1. The second-order valence-electron chi connectivity index (χ2n) is 6.48. The number of rotatable bonds is 4. The number of amides is 1. The zero-order chi connectivity index (χ0) is 20.3. The third kappa shape index (κ3) is 4.57. The number of aryl methyl sites for hydroxylation is 1. The summed E-state index contributed by atoms with van der Waals surface area (Å²) in [6.07, 6.45) is -2.53. The fraction of sp³-hybridized carbons (Fsp3) is 0.471. The van der Waals surface area contributed by atoms with Crippen LogP contribution in [0.1, 0.15) is 47.4 Å². The molecule has 0 aliphatic heterocycles. The van der Waals surface area contributed by atoms with Gasteiger partial charge in [0.1, 0.15) is 5.75 Å². The molecule has 2 aromatic rings. The molecular weight excluding hydrogens is 377 g/mol. The molecule has 1 amide bonds. The number of nitrogens with zero attached hydrogens (tertiary/aromatic N) is 5. The highest BCUT2D eigenvalue weighted by Gasteiger charge is 2.34. The molecule has 1 fully saturated rings. The minimum absolute atomic E-state index is 0.0156. The van der Waals surface area contributed by atoms with Gasteiger partial charge in [0.25, 0.3) is 11.7 Å². The van der Waals surface area contributed by atoms with Crippen LogP contribution in [0.5, 0.6) is 5.75 Å². The predicted octanol–water partition coefficient (Wildman–Crippen LogP) is 2.22. The number of halogens is 3. The van der Waals surface area contributed by atoms with Crippen molar-refractivity contribution in [1.82, 2.24) is 25.5 Å². The van der Waals surface area contributed by atoms with Gasteiger partial charge in [-0.3, -0.25) is 4.79 Å². The molecule has 0 saturated heterocycles. The number of alkyl halides is 3. The first-order chi connectivity index (χ1) is 13.3. The summed E-state index contributed by atoms with van der Waals surface area (Å²) >= 11 is 0. The molecule has 0 atom stereocenters. The number of ether oxygens (including phenoxy) is 1. The minimum atomic E-state index is -4.62. The van der Waals surface area contributed by atoms with Gasteiger partial charge in [-0.25, -0.2) is 0 Å². The summed E-state index contributed by atoms with van der Waals surface area (Å²) in [6.45, 7) is 0. The van der Waals surface area contributed by atoms with Gasteiger partial charge in [0.2, 0.25) is 0 Å². The Hall–Kier alpha value is -3.16. The molecule has 148 valence electrons. The van der Waals surface area contributed by atoms with Gasteiger partial charge in [0.15, 0.2) is 0 Å². The Morgan fingerprint density at radius 2 is 2.04 bits per heavy atom. The van der Waals surface area contributed by atoms with Crippen LogP contribution in [0.15, 0.2) is 18.2 Å². The van der Waals surface area contributed by atoms with Crippen molar-refractivity contribution in [3.63, 3.8) is 0 Å². The molecule has 3 rings (SSSR count). The van der Waals surface area contributed by atoms with Gasteiger partial charge in [-0.2, -0.15) is 23.2 Å². The summed E-state index contributed by atoms with van der Waals surface area (Å²) in [5.74, 6) is -0.361. The van der Waals surface area contributed by atoms with Crippen LogP contribution >= 0.6 is 0 Å². The van der Waals surface area contributed by atoms with Gasteiger partial charge in [-0.05, 0) is 49.1 Å². The number of carbonyl (C=O) groups is 1. The lowest BCUT2D eigenvalue weighted by Crippen LogP contribution is -2.40. The van der Waals surface area contributed by atoms with Crippen molar-refractivity contribution in [2.75, 3.05) is 0 Å². The number of nitrogens with one attached hydrogen (secondary N) is 1. The molecule has 1 aromatic heterocycles. The van der Waals surface area contributed by atoms with Gasteiger partial charge in [-0.1, -0.05) is 0 Å². The van der Waals surface area contributed by atoms with E-state index in [2.05, 4.69) is 20.7 Å². The molecule has 1 N–H and O–H groups in total. The van der Waals surface area contributed by atoms with E-state index in [9.17, 15) is 18.0 Å². The monoisotopic (exact) mass is 394 g/mol. The normalized spacial score (nSPS) is 19.7. The van der Waals surface area contributed by atoms with E-state index in [0.717, 1.165) is 12.1 Å². The van der Waals surface area contributed by atoms with E-state index in [1.165, 1.54) is 10.9 Å². The lowest BCUT2D eigenvalue weighted by atomic mass is 9.93. The van der Waals surface area contributed by atoms with Crippen molar-refractivity contribution < 1.29 is 22.7 Å². The molecular formula is C17H17F3N6O2. The van der Waals surface area contributed by atoms with E-state index in [1.807, 2.05) is 0 Å². The highest BCUT2D eigenvalue weighted by Crippen LogP contribution is 2.35. The standard InChI is InChI=1S/C17H17F3N6O2/c1-26-24-15(23-25-26)16(27)22-11-3-6-12(7-4-11)28-13-5-2-10(9-21)14(8-13)17(18,19)20/h2,5,8,11-12H,3-4,6-7H2,1H3,(H,22,27)/t11-,12-. The molecule has 28 heavy (non-hydrogen) atoms. The maximum absolute atomic E-state index is 13.0. The summed E-state index contributed by atoms with van der Waals surface area (Å²) in [6, 6.07) is 4.77. The quantitative estimate of drug-likeness (QED) is 0.852. The molecule has 0 unspecified atom stereocenters. The summed E-state index contributed by atoms with van der Waals surface area (Å²) in [4.78, 5) is 13.2. The summed E-state index contributed by atoms with van der Waals surface area (Å²) in [5, 5.41) is 22.7. The topological polar surface area (TPSA) is 106 Å². The third-order valence-corrected chi connectivity index (χ3v) is 4.44. The fourth-order valence-electron chi connectivity index (χ4n) is 3.07. The number of carbonyl (C=O) groups excluding carboxylic acids is 1. The van der Waals surface area contributed by atoms with Crippen LogP contribution in [-0.2, 0) is 13.2 Å². The maximum Gasteiger partial charge on any atom is 0.417 e. The average Bonchev–Trinajstić information content (AvgIpc) is 3.09. The second kappa shape index (κ2) is 7.84. The van der Waals surface area contributed by atoms with E-state index in [1.54, 1.807) is 13.1 Å². The van der Waals surface area contributed by atoms with Crippen molar-refractivity contribution in [2.24, 2.45) is 7.05 Å². The Morgan fingerprint density at radius 1 is 1.32 bits per heavy atom. The Morgan fingerprint density at radius 3 is 2.61 bits per heavy atom. The first-order valence-corrected chi connectivity index (χ1v) is 8.59. The van der Waals surface area contributed by atoms with Crippen molar-refractivity contribution in [1.29, 1.82) is 5.26 Å². The Kier molecular flexibility index (Phi) is 5.48. The number of tetrazole rings is 1. The molecule has 0 spiro atoms. The van der Waals surface area contributed by atoms with E-state index < -0.39 is 23.2 Å². The van der Waals surface area contributed by atoms with E-state index in [0.29, 0.717) is 25.7 Å². The first kappa shape index (κ1) is 19.6. The molecule has 1 aromatic carbocycles. The molecule has 11 heteroatoms. The van der Waals surface area contributed by atoms with Gasteiger partial charge in [0.05, 0.1) is 30.3 Å². The average molecular weight is 394 g/mol. The number of aromatic nitrogens is 4. The lowest BCUT2D eigenvalue weighted by molar-refractivity contribution is -0.137. The van der Waals surface area contributed by atoms with Crippen molar-refractivity contribution >= 4 is 5.91 Å². The minimum Gasteiger partial charge on any atom is -0.490 e. The lowest BCUT2D eigenvalue weighted by Gasteiger charge is -2.29. The van der Waals surface area contributed by atoms with Crippen LogP contribution in [0.2, 0.25) is 0 Å². The SMILES string of the molecule is Cn1nnc(C(=O)N[C@H]2CC[C@H](Oc3ccc(C#N)c(C(F)(F)F)c3)CC2)n1. The molecule has 0 bridgehead atoms. The Bertz CT molecular complexity index is 897. The van der Waals surface area contributed by atoms with Crippen LogP contribution in [0.4, 0.5) is 13.2 Å². The maximum atomic E-state index is 13.0. The van der Waals surface area contributed by atoms with Gasteiger partial charge in [-0.15, -0.1) is 10.2 Å². The highest BCUT2D eigenvalue weighted by molar-refractivity contribution is 5.90. The number of benzene rings is 1. The largest absolute Gasteiger partial charge is 0.490 e. The smallest absolute Gasteiger partial charge is 0.417 e. The molecule has 1 heterocycles. The summed E-state index contributed by atoms with van der Waals surface area (Å²) in [7, 11) is 1.56. The number of hydrogen-bond donors (Lipinski definition) is 1. The zero-order valence-electron chi connectivity index (χ0n) is 14.9. The third-order valence-electron chi connectivity index (χ3n) is 4.44. The summed E-state index contributed by atoms with van der Waals surface area (Å²) in [5.41, 5.74) is -1.45. The van der Waals surface area contributed by atoms with Crippen LogP contribution in [-0.4, -0.2) is 38.3 Å². The molecule has 1 saturated carbocycles. The van der Waals surface area contributed by atoms with Gasteiger partial charge >= 0.3 is 6.18 Å². The van der Waals surface area contributed by atoms with Crippen LogP contribution in [0.3, 0.4) is 0 Å². The van der Waals surface area contributed by atoms with Gasteiger partial charge < -0.3 is 10.1 Å². The molecule has 1 aliphatic carbocycles. The summed E-state index contributed by atoms with van der Waals surface area (Å²) < 4.78 is 44.8. The van der Waals surface area contributed by atoms with Crippen molar-refractivity contribution in [3.05, 3.63) is 35.2 Å². The van der Waals surface area contributed by atoms with Crippen LogP contribution < -0.4 is 10.1 Å². The zero-order valence-corrected chi connectivity index (χ0v) is 14.9. The molecule has 0 radical (unpaired) electrons. The van der Waals surface area contributed by atoms with Gasteiger partial charge in [0, 0.05) is 6.04 Å². The number of hydrogen-bond acceptors (Lipinski definition) is 6. The van der Waals surface area contributed by atoms with Crippen molar-refractivity contribution in [3.8, 4) is 11.8 Å². The molecule has 8 nitrogen and oxygen atoms in total. The Balaban J connectivity index is 1.56. The fourth-order valence-corrected chi connectivity index (χ4v) is 3.07. The Labute approximate surface area is 158 Å². The highest BCUT2D eigenvalue weighted by atomic mass is 19.4. The van der Waals surface area contributed by atoms with Crippen LogP contribution in [0, 0.1) is 11.3 Å². The first-order valence-electron chi connectivity index (χ1n) is 8.59. The second-order valence-corrected chi connectivity index (χ2v) is 6.48. The van der Waals surface area contributed by atoms with E-state index in [-0.39, 0.29) is 23.7 Å². The van der Waals surface area contributed by atoms with E-state index in [4.69, 9.17) is 10.00 Å². The molecule has 1 aliphatic rings.